The summed E-state index contributed by atoms with van der Waals surface area (Å²) in [6, 6.07) is 16.5. The normalized spacial score (nSPS) is 11.8. The minimum atomic E-state index is -0.490. The van der Waals surface area contributed by atoms with E-state index in [4.69, 9.17) is 0 Å². The number of carbonyl (C=O) groups is 2. The van der Waals surface area contributed by atoms with Crippen LogP contribution in [0.2, 0.25) is 0 Å². The van der Waals surface area contributed by atoms with Crippen molar-refractivity contribution in [2.75, 3.05) is 24.3 Å². The molecular weight excluding hydrogens is 448 g/mol. The third-order valence-electron chi connectivity index (χ3n) is 6.04. The van der Waals surface area contributed by atoms with Crippen molar-refractivity contribution < 1.29 is 18.4 Å². The summed E-state index contributed by atoms with van der Waals surface area (Å²) in [6.07, 6.45) is 0. The molecular formula is C28H31F2N3O2. The van der Waals surface area contributed by atoms with Gasteiger partial charge >= 0.3 is 0 Å². The number of benzene rings is 3. The molecule has 0 saturated heterocycles. The zero-order valence-electron chi connectivity index (χ0n) is 20.7. The minimum absolute atomic E-state index is 0.133. The predicted molar refractivity (Wildman–Crippen MR) is 136 cm³/mol. The zero-order chi connectivity index (χ0) is 25.7. The molecule has 0 aliphatic carbocycles. The highest BCUT2D eigenvalue weighted by atomic mass is 19.1. The van der Waals surface area contributed by atoms with Crippen molar-refractivity contribution in [3.8, 4) is 0 Å². The SMILES string of the molecule is CC(C)[C@H](C)N(Cc1cc(NC(=O)c2cccc(F)c2)ccc1N(C)C)C(=O)c1cccc(F)c1. The fourth-order valence-electron chi connectivity index (χ4n) is 3.79. The highest BCUT2D eigenvalue weighted by Gasteiger charge is 2.25. The van der Waals surface area contributed by atoms with Crippen molar-refractivity contribution in [3.05, 3.63) is 95.1 Å². The summed E-state index contributed by atoms with van der Waals surface area (Å²) >= 11 is 0. The monoisotopic (exact) mass is 479 g/mol. The van der Waals surface area contributed by atoms with E-state index in [2.05, 4.69) is 5.32 Å². The van der Waals surface area contributed by atoms with Crippen molar-refractivity contribution in [2.24, 2.45) is 5.92 Å². The lowest BCUT2D eigenvalue weighted by molar-refractivity contribution is 0.0627. The summed E-state index contributed by atoms with van der Waals surface area (Å²) in [5.41, 5.74) is 2.69. The van der Waals surface area contributed by atoms with Gasteiger partial charge in [0.2, 0.25) is 0 Å². The third kappa shape index (κ3) is 6.44. The number of halogens is 2. The van der Waals surface area contributed by atoms with Crippen molar-refractivity contribution in [1.82, 2.24) is 4.90 Å². The first-order chi connectivity index (χ1) is 16.6. The lowest BCUT2D eigenvalue weighted by Crippen LogP contribution is -2.41. The standard InChI is InChI=1S/C28H31F2N3O2/c1-18(2)19(3)33(28(35)21-9-7-11-24(30)15-21)17-22-16-25(12-13-26(22)32(4)5)31-27(34)20-8-6-10-23(29)14-20/h6-16,18-19H,17H2,1-5H3,(H,31,34)/t19-/m0/s1. The highest BCUT2D eigenvalue weighted by Crippen LogP contribution is 2.27. The van der Waals surface area contributed by atoms with Crippen LogP contribution in [0, 0.1) is 17.6 Å². The molecule has 0 saturated carbocycles. The number of carbonyl (C=O) groups excluding carboxylic acids is 2. The minimum Gasteiger partial charge on any atom is -0.377 e. The quantitative estimate of drug-likeness (QED) is 0.433. The Morgan fingerprint density at radius 2 is 1.46 bits per heavy atom. The topological polar surface area (TPSA) is 52.7 Å². The molecule has 3 aromatic carbocycles. The second-order valence-electron chi connectivity index (χ2n) is 9.13. The van der Waals surface area contributed by atoms with E-state index < -0.39 is 17.5 Å². The van der Waals surface area contributed by atoms with E-state index in [1.807, 2.05) is 51.9 Å². The molecule has 1 atom stereocenters. The van der Waals surface area contributed by atoms with Gasteiger partial charge in [-0.05, 0) is 73.0 Å². The number of nitrogens with one attached hydrogen (secondary N) is 1. The van der Waals surface area contributed by atoms with Crippen LogP contribution in [0.15, 0.2) is 66.7 Å². The lowest BCUT2D eigenvalue weighted by Gasteiger charge is -2.33. The highest BCUT2D eigenvalue weighted by molar-refractivity contribution is 6.04. The van der Waals surface area contributed by atoms with Gasteiger partial charge in [0.05, 0.1) is 0 Å². The number of hydrogen-bond acceptors (Lipinski definition) is 3. The number of anilines is 2. The molecule has 0 aliphatic rings. The van der Waals surface area contributed by atoms with Gasteiger partial charge in [0.25, 0.3) is 11.8 Å². The maximum atomic E-state index is 13.8. The summed E-state index contributed by atoms with van der Waals surface area (Å²) in [4.78, 5) is 29.8. The smallest absolute Gasteiger partial charge is 0.255 e. The fraction of sp³-hybridized carbons (Fsp3) is 0.286. The molecule has 2 amide bonds. The Labute approximate surface area is 205 Å². The molecule has 0 aliphatic heterocycles. The molecule has 184 valence electrons. The summed E-state index contributed by atoms with van der Waals surface area (Å²) in [6.45, 7) is 6.27. The van der Waals surface area contributed by atoms with Gasteiger partial charge in [-0.1, -0.05) is 26.0 Å². The van der Waals surface area contributed by atoms with Gasteiger partial charge in [-0.3, -0.25) is 9.59 Å². The van der Waals surface area contributed by atoms with Gasteiger partial charge in [-0.2, -0.15) is 0 Å². The summed E-state index contributed by atoms with van der Waals surface area (Å²) in [7, 11) is 3.79. The molecule has 0 aromatic heterocycles. The Bertz CT molecular complexity index is 1210. The Morgan fingerprint density at radius 1 is 0.857 bits per heavy atom. The largest absolute Gasteiger partial charge is 0.377 e. The van der Waals surface area contributed by atoms with Crippen LogP contribution in [-0.2, 0) is 6.54 Å². The molecule has 0 heterocycles. The number of amides is 2. The summed E-state index contributed by atoms with van der Waals surface area (Å²) < 4.78 is 27.4. The molecule has 0 spiro atoms. The molecule has 35 heavy (non-hydrogen) atoms. The molecule has 7 heteroatoms. The molecule has 3 aromatic rings. The Kier molecular flexibility index (Phi) is 8.22. The molecule has 0 bridgehead atoms. The second-order valence-corrected chi connectivity index (χ2v) is 9.13. The van der Waals surface area contributed by atoms with Crippen LogP contribution in [0.5, 0.6) is 0 Å². The zero-order valence-corrected chi connectivity index (χ0v) is 20.7. The summed E-state index contributed by atoms with van der Waals surface area (Å²) in [5, 5.41) is 2.81. The van der Waals surface area contributed by atoms with E-state index in [1.165, 1.54) is 42.5 Å². The third-order valence-corrected chi connectivity index (χ3v) is 6.04. The van der Waals surface area contributed by atoms with Gasteiger partial charge in [0.1, 0.15) is 11.6 Å². The van der Waals surface area contributed by atoms with Gasteiger partial charge < -0.3 is 15.1 Å². The average molecular weight is 480 g/mol. The molecule has 3 rings (SSSR count). The lowest BCUT2D eigenvalue weighted by atomic mass is 10.0. The molecule has 1 N–H and O–H groups in total. The fourth-order valence-corrected chi connectivity index (χ4v) is 3.79. The van der Waals surface area contributed by atoms with Crippen molar-refractivity contribution in [1.29, 1.82) is 0 Å². The van der Waals surface area contributed by atoms with Gasteiger partial charge in [-0.25, -0.2) is 8.78 Å². The van der Waals surface area contributed by atoms with E-state index in [1.54, 1.807) is 17.0 Å². The Morgan fingerprint density at radius 3 is 2.03 bits per heavy atom. The maximum Gasteiger partial charge on any atom is 0.255 e. The van der Waals surface area contributed by atoms with Crippen LogP contribution in [0.4, 0.5) is 20.2 Å². The molecule has 0 radical (unpaired) electrons. The van der Waals surface area contributed by atoms with Crippen LogP contribution in [0.3, 0.4) is 0 Å². The number of nitrogens with zero attached hydrogens (tertiary/aromatic N) is 2. The van der Waals surface area contributed by atoms with Crippen LogP contribution in [0.25, 0.3) is 0 Å². The predicted octanol–water partition coefficient (Wildman–Crippen LogP) is 5.97. The van der Waals surface area contributed by atoms with E-state index in [0.29, 0.717) is 5.69 Å². The summed E-state index contributed by atoms with van der Waals surface area (Å²) in [5.74, 6) is -1.51. The number of rotatable bonds is 8. The average Bonchev–Trinajstić information content (AvgIpc) is 2.81. The number of hydrogen-bond donors (Lipinski definition) is 1. The van der Waals surface area contributed by atoms with Crippen LogP contribution < -0.4 is 10.2 Å². The second kappa shape index (κ2) is 11.1. The van der Waals surface area contributed by atoms with E-state index in [9.17, 15) is 18.4 Å². The Hall–Kier alpha value is -3.74. The van der Waals surface area contributed by atoms with E-state index in [-0.39, 0.29) is 35.5 Å². The van der Waals surface area contributed by atoms with Gasteiger partial charge in [0.15, 0.2) is 0 Å². The van der Waals surface area contributed by atoms with Gasteiger partial charge in [-0.15, -0.1) is 0 Å². The van der Waals surface area contributed by atoms with Crippen LogP contribution in [-0.4, -0.2) is 36.9 Å². The first-order valence-corrected chi connectivity index (χ1v) is 11.5. The molecule has 0 unspecified atom stereocenters. The maximum absolute atomic E-state index is 13.8. The first kappa shape index (κ1) is 25.9. The molecule has 5 nitrogen and oxygen atoms in total. The van der Waals surface area contributed by atoms with Crippen molar-refractivity contribution in [2.45, 2.75) is 33.4 Å². The van der Waals surface area contributed by atoms with Crippen LogP contribution >= 0.6 is 0 Å². The van der Waals surface area contributed by atoms with Crippen molar-refractivity contribution in [3.63, 3.8) is 0 Å². The van der Waals surface area contributed by atoms with Crippen LogP contribution in [0.1, 0.15) is 47.1 Å². The van der Waals surface area contributed by atoms with Gasteiger partial charge in [0, 0.05) is 49.2 Å². The van der Waals surface area contributed by atoms with E-state index >= 15 is 0 Å². The molecule has 0 fully saturated rings. The van der Waals surface area contributed by atoms with E-state index in [0.717, 1.165) is 11.3 Å². The first-order valence-electron chi connectivity index (χ1n) is 11.5. The Balaban J connectivity index is 1.96. The van der Waals surface area contributed by atoms with Crippen molar-refractivity contribution >= 4 is 23.2 Å².